The lowest BCUT2D eigenvalue weighted by Gasteiger charge is -2.61. The lowest BCUT2D eigenvalue weighted by molar-refractivity contribution is -0.259. The van der Waals surface area contributed by atoms with Crippen molar-refractivity contribution < 1.29 is 33.3 Å². The average molecular weight is 477 g/mol. The minimum Gasteiger partial charge on any atom is -0.458 e. The summed E-state index contributed by atoms with van der Waals surface area (Å²) in [4.78, 5) is 24.1. The molecule has 7 heteroatoms. The van der Waals surface area contributed by atoms with Crippen molar-refractivity contribution in [1.82, 2.24) is 0 Å². The largest absolute Gasteiger partial charge is 0.458 e. The highest BCUT2D eigenvalue weighted by atomic mass is 16.8. The quantitative estimate of drug-likeness (QED) is 0.271. The Bertz CT molecular complexity index is 848. The zero-order valence-corrected chi connectivity index (χ0v) is 21.4. The third kappa shape index (κ3) is 4.50. The van der Waals surface area contributed by atoms with Crippen LogP contribution in [0.3, 0.4) is 0 Å². The van der Waals surface area contributed by atoms with Crippen molar-refractivity contribution in [3.05, 3.63) is 36.5 Å². The Labute approximate surface area is 203 Å². The van der Waals surface area contributed by atoms with E-state index < -0.39 is 30.1 Å². The van der Waals surface area contributed by atoms with E-state index in [1.165, 1.54) is 13.8 Å². The molecule has 0 aromatic carbocycles. The van der Waals surface area contributed by atoms with Gasteiger partial charge in [0.25, 0.3) is 0 Å². The van der Waals surface area contributed by atoms with Gasteiger partial charge in [-0.25, -0.2) is 0 Å². The van der Waals surface area contributed by atoms with E-state index in [-0.39, 0.29) is 29.3 Å². The van der Waals surface area contributed by atoms with Crippen molar-refractivity contribution >= 4 is 11.9 Å². The molecule has 1 saturated carbocycles. The van der Waals surface area contributed by atoms with Crippen molar-refractivity contribution in [2.75, 3.05) is 13.7 Å². The number of rotatable bonds is 9. The van der Waals surface area contributed by atoms with Gasteiger partial charge in [0.05, 0.1) is 11.5 Å². The molecule has 0 bridgehead atoms. The average Bonchev–Trinajstić information content (AvgIpc) is 3.06. The van der Waals surface area contributed by atoms with Gasteiger partial charge in [-0.1, -0.05) is 38.7 Å². The fourth-order valence-electron chi connectivity index (χ4n) is 6.52. The maximum atomic E-state index is 12.2. The summed E-state index contributed by atoms with van der Waals surface area (Å²) in [5.74, 6) is -0.545. The summed E-state index contributed by atoms with van der Waals surface area (Å²) < 4.78 is 30.0. The normalized spacial score (nSPS) is 38.8. The number of hydrogen-bond donors (Lipinski definition) is 0. The molecule has 0 unspecified atom stereocenters. The third-order valence-electron chi connectivity index (χ3n) is 8.29. The van der Waals surface area contributed by atoms with Gasteiger partial charge in [-0.3, -0.25) is 9.59 Å². The molecule has 0 radical (unpaired) electrons. The second-order valence-electron chi connectivity index (χ2n) is 10.1. The van der Waals surface area contributed by atoms with Crippen LogP contribution < -0.4 is 0 Å². The number of esters is 2. The van der Waals surface area contributed by atoms with Crippen molar-refractivity contribution in [1.29, 1.82) is 0 Å². The molecule has 2 fully saturated rings. The zero-order valence-electron chi connectivity index (χ0n) is 21.4. The van der Waals surface area contributed by atoms with Crippen molar-refractivity contribution in [3.63, 3.8) is 0 Å². The Balaban J connectivity index is 2.21. The molecule has 0 amide bonds. The summed E-state index contributed by atoms with van der Waals surface area (Å²) in [5, 5.41) is 0. The number of ether oxygens (including phenoxy) is 5. The summed E-state index contributed by atoms with van der Waals surface area (Å²) in [6, 6.07) is 0. The highest BCUT2D eigenvalue weighted by Gasteiger charge is 2.71. The third-order valence-corrected chi connectivity index (χ3v) is 8.29. The van der Waals surface area contributed by atoms with Crippen LogP contribution in [0.15, 0.2) is 36.5 Å². The highest BCUT2D eigenvalue weighted by molar-refractivity contribution is 5.67. The molecule has 1 heterocycles. The first-order chi connectivity index (χ1) is 16.0. The van der Waals surface area contributed by atoms with Crippen LogP contribution >= 0.6 is 0 Å². The first-order valence-corrected chi connectivity index (χ1v) is 12.2. The van der Waals surface area contributed by atoms with E-state index >= 15 is 0 Å². The molecular formula is C27H40O7. The molecule has 0 aromatic rings. The molecule has 1 aliphatic heterocycles. The van der Waals surface area contributed by atoms with Gasteiger partial charge in [0.1, 0.15) is 6.10 Å². The van der Waals surface area contributed by atoms with Gasteiger partial charge in [-0.05, 0) is 55.9 Å². The highest BCUT2D eigenvalue weighted by Crippen LogP contribution is 2.67. The van der Waals surface area contributed by atoms with E-state index in [9.17, 15) is 9.59 Å². The summed E-state index contributed by atoms with van der Waals surface area (Å²) in [7, 11) is 1.69. The van der Waals surface area contributed by atoms with Gasteiger partial charge in [-0.15, -0.1) is 0 Å². The lowest BCUT2D eigenvalue weighted by atomic mass is 9.45. The number of carbonyl (C=O) groups excluding carboxylic acids is 2. The first-order valence-electron chi connectivity index (χ1n) is 12.2. The standard InChI is InChI=1S/C27H40O7/c1-9-16(3)11-12-26(7)17(4)13-23(30-8)27-21(14-20(15-22(26)27)32-18(5)28)24(31-10-2)34-25(27)33-19(6)29/h9,14,17,20,22-25H,1,3,10-13,15H2,2,4-8H3/t17-,20+,22+,23+,24+,25-,26-,27-/m1/s1. The number of carbonyl (C=O) groups is 2. The van der Waals surface area contributed by atoms with E-state index in [4.69, 9.17) is 23.7 Å². The van der Waals surface area contributed by atoms with E-state index in [2.05, 4.69) is 27.0 Å². The Morgan fingerprint density at radius 2 is 1.91 bits per heavy atom. The first kappa shape index (κ1) is 26.6. The predicted octanol–water partition coefficient (Wildman–Crippen LogP) is 4.72. The molecule has 0 N–H and O–H groups in total. The maximum Gasteiger partial charge on any atom is 0.304 e. The van der Waals surface area contributed by atoms with E-state index in [0.717, 1.165) is 30.4 Å². The number of hydrogen-bond acceptors (Lipinski definition) is 7. The molecule has 0 aromatic heterocycles. The van der Waals surface area contributed by atoms with Gasteiger partial charge >= 0.3 is 11.9 Å². The van der Waals surface area contributed by atoms with Crippen LogP contribution in [0, 0.1) is 22.7 Å². The predicted molar refractivity (Wildman–Crippen MR) is 127 cm³/mol. The minimum absolute atomic E-state index is 0.0644. The second-order valence-corrected chi connectivity index (χ2v) is 10.1. The molecule has 1 saturated heterocycles. The Hall–Kier alpha value is -1.96. The molecule has 8 atom stereocenters. The number of allylic oxidation sites excluding steroid dienone is 2. The fourth-order valence-corrected chi connectivity index (χ4v) is 6.52. The number of methoxy groups -OCH3 is 1. The van der Waals surface area contributed by atoms with Crippen molar-refractivity contribution in [2.45, 2.75) is 85.1 Å². The Morgan fingerprint density at radius 3 is 2.47 bits per heavy atom. The molecule has 1 spiro atoms. The van der Waals surface area contributed by atoms with Crippen LogP contribution in [0.1, 0.15) is 60.3 Å². The van der Waals surface area contributed by atoms with Crippen LogP contribution in [0.5, 0.6) is 0 Å². The Kier molecular flexibility index (Phi) is 8.10. The lowest BCUT2D eigenvalue weighted by Crippen LogP contribution is -2.63. The molecule has 3 rings (SSSR count). The van der Waals surface area contributed by atoms with Crippen LogP contribution in [-0.2, 0) is 33.3 Å². The summed E-state index contributed by atoms with van der Waals surface area (Å²) >= 11 is 0. The minimum atomic E-state index is -0.865. The summed E-state index contributed by atoms with van der Waals surface area (Å²) in [5.41, 5.74) is 0.858. The monoisotopic (exact) mass is 476 g/mol. The molecule has 34 heavy (non-hydrogen) atoms. The van der Waals surface area contributed by atoms with E-state index in [0.29, 0.717) is 13.0 Å². The molecule has 2 aliphatic carbocycles. The van der Waals surface area contributed by atoms with E-state index in [1.807, 2.05) is 13.0 Å². The summed E-state index contributed by atoms with van der Waals surface area (Å²) in [6.07, 6.45) is 4.44. The van der Waals surface area contributed by atoms with Crippen LogP contribution in [-0.4, -0.2) is 50.4 Å². The maximum absolute atomic E-state index is 12.2. The van der Waals surface area contributed by atoms with Crippen LogP contribution in [0.25, 0.3) is 0 Å². The topological polar surface area (TPSA) is 80.3 Å². The van der Waals surface area contributed by atoms with Crippen molar-refractivity contribution in [3.8, 4) is 0 Å². The zero-order chi connectivity index (χ0) is 25.3. The second kappa shape index (κ2) is 10.3. The van der Waals surface area contributed by atoms with Crippen LogP contribution in [0.2, 0.25) is 0 Å². The van der Waals surface area contributed by atoms with E-state index in [1.54, 1.807) is 13.2 Å². The molecule has 7 nitrogen and oxygen atoms in total. The molecular weight excluding hydrogens is 436 g/mol. The molecule has 190 valence electrons. The van der Waals surface area contributed by atoms with Gasteiger partial charge in [-0.2, -0.15) is 0 Å². The van der Waals surface area contributed by atoms with Gasteiger partial charge in [0.2, 0.25) is 6.29 Å². The molecule has 3 aliphatic rings. The van der Waals surface area contributed by atoms with Crippen LogP contribution in [0.4, 0.5) is 0 Å². The Morgan fingerprint density at radius 1 is 1.24 bits per heavy atom. The fraction of sp³-hybridized carbons (Fsp3) is 0.704. The van der Waals surface area contributed by atoms with Crippen molar-refractivity contribution in [2.24, 2.45) is 22.7 Å². The SMILES string of the molecule is C=CC(=C)CC[C@]1(C)[C@H](C)C[C@H](OC)[C@@]23C(=C[C@H](OC(C)=O)C[C@@H]12)[C@@H](OCC)O[C@H]3OC(C)=O. The van der Waals surface area contributed by atoms with Gasteiger partial charge in [0, 0.05) is 33.1 Å². The summed E-state index contributed by atoms with van der Waals surface area (Å²) in [6.45, 7) is 17.6. The van der Waals surface area contributed by atoms with Gasteiger partial charge in [0.15, 0.2) is 6.29 Å². The smallest absolute Gasteiger partial charge is 0.304 e. The van der Waals surface area contributed by atoms with Gasteiger partial charge < -0.3 is 23.7 Å².